The van der Waals surface area contributed by atoms with Gasteiger partial charge in [0.15, 0.2) is 0 Å². The van der Waals surface area contributed by atoms with Gasteiger partial charge in [0.05, 0.1) is 7.11 Å². The van der Waals surface area contributed by atoms with Crippen LogP contribution in [0.4, 0.5) is 0 Å². The number of ether oxygens (including phenoxy) is 1. The largest absolute Gasteiger partial charge is 0.496 e. The predicted octanol–water partition coefficient (Wildman–Crippen LogP) is 3.73. The Hall–Kier alpha value is -0.190. The second-order valence-corrected chi connectivity index (χ2v) is 7.01. The summed E-state index contributed by atoms with van der Waals surface area (Å²) < 4.78 is 6.61. The van der Waals surface area contributed by atoms with Crippen molar-refractivity contribution < 1.29 is 4.74 Å². The van der Waals surface area contributed by atoms with Crippen molar-refractivity contribution in [2.45, 2.75) is 25.8 Å². The summed E-state index contributed by atoms with van der Waals surface area (Å²) in [6.45, 7) is 3.22. The Morgan fingerprint density at radius 3 is 3.00 bits per heavy atom. The molecule has 0 bridgehead atoms. The van der Waals surface area contributed by atoms with E-state index in [2.05, 4.69) is 46.0 Å². The van der Waals surface area contributed by atoms with E-state index in [1.165, 1.54) is 23.5 Å². The van der Waals surface area contributed by atoms with E-state index in [-0.39, 0.29) is 0 Å². The highest BCUT2D eigenvalue weighted by molar-refractivity contribution is 9.10. The molecule has 2 nitrogen and oxygen atoms in total. The first kappa shape index (κ1) is 15.2. The van der Waals surface area contributed by atoms with E-state index >= 15 is 0 Å². The predicted molar refractivity (Wildman–Crippen MR) is 87.3 cm³/mol. The summed E-state index contributed by atoms with van der Waals surface area (Å²) in [7, 11) is 1.75. The third kappa shape index (κ3) is 4.14. The minimum Gasteiger partial charge on any atom is -0.496 e. The van der Waals surface area contributed by atoms with Crippen LogP contribution in [0.1, 0.15) is 18.9 Å². The lowest BCUT2D eigenvalue weighted by molar-refractivity contribution is 0.372. The van der Waals surface area contributed by atoms with Crippen molar-refractivity contribution >= 4 is 27.7 Å². The van der Waals surface area contributed by atoms with Gasteiger partial charge in [-0.2, -0.15) is 11.8 Å². The molecule has 0 saturated carbocycles. The van der Waals surface area contributed by atoms with Crippen LogP contribution >= 0.6 is 27.7 Å². The van der Waals surface area contributed by atoms with Crippen molar-refractivity contribution in [2.24, 2.45) is 5.92 Å². The highest BCUT2D eigenvalue weighted by atomic mass is 79.9. The molecule has 0 spiro atoms. The van der Waals surface area contributed by atoms with Crippen LogP contribution in [0, 0.1) is 5.92 Å². The van der Waals surface area contributed by atoms with Gasteiger partial charge in [0.2, 0.25) is 0 Å². The molecule has 1 aromatic rings. The molecule has 0 amide bonds. The molecule has 1 heterocycles. The number of methoxy groups -OCH3 is 1. The standard InChI is InChI=1S/C15H22BrNOS/c1-3-17-14(11-6-7-19-10-11)9-12-8-13(16)4-5-15(12)18-2/h4-5,8,11,14,17H,3,6-7,9-10H2,1-2H3. The monoisotopic (exact) mass is 343 g/mol. The lowest BCUT2D eigenvalue weighted by Crippen LogP contribution is -2.38. The Kier molecular flexibility index (Phi) is 6.05. The average molecular weight is 344 g/mol. The van der Waals surface area contributed by atoms with E-state index in [0.717, 1.165) is 29.1 Å². The minimum atomic E-state index is 0.559. The Morgan fingerprint density at radius 1 is 1.53 bits per heavy atom. The quantitative estimate of drug-likeness (QED) is 0.850. The number of nitrogens with one attached hydrogen (secondary N) is 1. The van der Waals surface area contributed by atoms with Gasteiger partial charge < -0.3 is 10.1 Å². The van der Waals surface area contributed by atoms with Crippen molar-refractivity contribution in [3.8, 4) is 5.75 Å². The lowest BCUT2D eigenvalue weighted by atomic mass is 9.92. The molecular formula is C15H22BrNOS. The maximum atomic E-state index is 5.49. The van der Waals surface area contributed by atoms with Gasteiger partial charge in [-0.25, -0.2) is 0 Å². The van der Waals surface area contributed by atoms with Crippen LogP contribution in [0.15, 0.2) is 22.7 Å². The summed E-state index contributed by atoms with van der Waals surface area (Å²) in [6, 6.07) is 6.83. The molecule has 1 saturated heterocycles. The van der Waals surface area contributed by atoms with E-state index in [9.17, 15) is 0 Å². The second kappa shape index (κ2) is 7.55. The molecule has 0 aliphatic carbocycles. The van der Waals surface area contributed by atoms with E-state index in [1.54, 1.807) is 7.11 Å². The summed E-state index contributed by atoms with van der Waals surface area (Å²) in [5.74, 6) is 4.38. The number of likely N-dealkylation sites (N-methyl/N-ethyl adjacent to an activating group) is 1. The van der Waals surface area contributed by atoms with Crippen molar-refractivity contribution in [3.63, 3.8) is 0 Å². The second-order valence-electron chi connectivity index (χ2n) is 4.95. The van der Waals surface area contributed by atoms with Crippen LogP contribution in [-0.2, 0) is 6.42 Å². The molecule has 0 aromatic heterocycles. The van der Waals surface area contributed by atoms with Crippen LogP contribution in [0.25, 0.3) is 0 Å². The normalized spacial score (nSPS) is 20.5. The van der Waals surface area contributed by atoms with E-state index < -0.39 is 0 Å². The van der Waals surface area contributed by atoms with Crippen molar-refractivity contribution in [3.05, 3.63) is 28.2 Å². The molecule has 4 heteroatoms. The zero-order chi connectivity index (χ0) is 13.7. The first-order valence-electron chi connectivity index (χ1n) is 6.88. The molecule has 2 atom stereocenters. The number of thioether (sulfide) groups is 1. The van der Waals surface area contributed by atoms with Gasteiger partial charge in [-0.15, -0.1) is 0 Å². The van der Waals surface area contributed by atoms with Crippen LogP contribution in [0.2, 0.25) is 0 Å². The fourth-order valence-corrected chi connectivity index (χ4v) is 4.43. The number of hydrogen-bond acceptors (Lipinski definition) is 3. The molecule has 19 heavy (non-hydrogen) atoms. The first-order valence-corrected chi connectivity index (χ1v) is 8.83. The Morgan fingerprint density at radius 2 is 2.37 bits per heavy atom. The van der Waals surface area contributed by atoms with Crippen LogP contribution in [-0.4, -0.2) is 31.2 Å². The number of halogens is 1. The maximum Gasteiger partial charge on any atom is 0.122 e. The van der Waals surface area contributed by atoms with Crippen molar-refractivity contribution in [1.82, 2.24) is 5.32 Å². The number of rotatable bonds is 6. The number of hydrogen-bond donors (Lipinski definition) is 1. The topological polar surface area (TPSA) is 21.3 Å². The fourth-order valence-electron chi connectivity index (χ4n) is 2.68. The molecule has 2 rings (SSSR count). The van der Waals surface area contributed by atoms with Gasteiger partial charge in [-0.3, -0.25) is 0 Å². The highest BCUT2D eigenvalue weighted by Gasteiger charge is 2.25. The van der Waals surface area contributed by atoms with E-state index in [1.807, 2.05) is 12.1 Å². The molecule has 2 unspecified atom stereocenters. The molecule has 1 N–H and O–H groups in total. The Bertz CT molecular complexity index is 407. The minimum absolute atomic E-state index is 0.559. The zero-order valence-corrected chi connectivity index (χ0v) is 14.0. The van der Waals surface area contributed by atoms with Crippen LogP contribution in [0.5, 0.6) is 5.75 Å². The van der Waals surface area contributed by atoms with Gasteiger partial charge >= 0.3 is 0 Å². The maximum absolute atomic E-state index is 5.49. The summed E-state index contributed by atoms with van der Waals surface area (Å²) in [6.07, 6.45) is 2.38. The van der Waals surface area contributed by atoms with Crippen LogP contribution < -0.4 is 10.1 Å². The zero-order valence-electron chi connectivity index (χ0n) is 11.6. The van der Waals surface area contributed by atoms with E-state index in [0.29, 0.717) is 6.04 Å². The Labute approximate surface area is 128 Å². The van der Waals surface area contributed by atoms with Gasteiger partial charge in [0.25, 0.3) is 0 Å². The number of benzene rings is 1. The molecular weight excluding hydrogens is 322 g/mol. The van der Waals surface area contributed by atoms with Gasteiger partial charge in [0, 0.05) is 10.5 Å². The third-order valence-corrected chi connectivity index (χ3v) is 5.36. The molecule has 1 aromatic carbocycles. The summed E-state index contributed by atoms with van der Waals surface area (Å²) >= 11 is 5.64. The molecule has 1 aliphatic heterocycles. The van der Waals surface area contributed by atoms with Crippen LogP contribution in [0.3, 0.4) is 0 Å². The smallest absolute Gasteiger partial charge is 0.122 e. The first-order chi connectivity index (χ1) is 9.24. The highest BCUT2D eigenvalue weighted by Crippen LogP contribution is 2.30. The van der Waals surface area contributed by atoms with Crippen molar-refractivity contribution in [2.75, 3.05) is 25.2 Å². The summed E-state index contributed by atoms with van der Waals surface area (Å²) in [5.41, 5.74) is 1.29. The molecule has 0 radical (unpaired) electrons. The Balaban J connectivity index is 2.13. The van der Waals surface area contributed by atoms with Crippen molar-refractivity contribution in [1.29, 1.82) is 0 Å². The average Bonchev–Trinajstić information content (AvgIpc) is 2.92. The fraction of sp³-hybridized carbons (Fsp3) is 0.600. The van der Waals surface area contributed by atoms with Gasteiger partial charge in [-0.1, -0.05) is 22.9 Å². The third-order valence-electron chi connectivity index (χ3n) is 3.68. The van der Waals surface area contributed by atoms with Gasteiger partial charge in [-0.05, 0) is 60.6 Å². The molecule has 1 fully saturated rings. The lowest BCUT2D eigenvalue weighted by Gasteiger charge is -2.24. The summed E-state index contributed by atoms with van der Waals surface area (Å²) in [5, 5.41) is 3.66. The molecule has 1 aliphatic rings. The summed E-state index contributed by atoms with van der Waals surface area (Å²) in [4.78, 5) is 0. The van der Waals surface area contributed by atoms with E-state index in [4.69, 9.17) is 4.74 Å². The van der Waals surface area contributed by atoms with Gasteiger partial charge in [0.1, 0.15) is 5.75 Å². The SMILES string of the molecule is CCNC(Cc1cc(Br)ccc1OC)C1CCSC1. The molecule has 106 valence electrons.